The standard InChI is InChI=1S/C14H17NO/c1-10-8-9-13-6-4-5-7-14(13)15(11(10)2)12(3)16/h4-11H,1-3H3/t10-,11+/m0/s1. The number of para-hydroxylation sites is 1. The molecule has 0 radical (unpaired) electrons. The van der Waals surface area contributed by atoms with Crippen molar-refractivity contribution >= 4 is 17.7 Å². The Bertz CT molecular complexity index is 436. The smallest absolute Gasteiger partial charge is 0.224 e. The van der Waals surface area contributed by atoms with Gasteiger partial charge in [0.1, 0.15) is 0 Å². The molecule has 1 aromatic carbocycles. The van der Waals surface area contributed by atoms with Crippen LogP contribution in [-0.4, -0.2) is 11.9 Å². The lowest BCUT2D eigenvalue weighted by molar-refractivity contribution is -0.117. The summed E-state index contributed by atoms with van der Waals surface area (Å²) in [7, 11) is 0. The predicted octanol–water partition coefficient (Wildman–Crippen LogP) is 3.09. The largest absolute Gasteiger partial charge is 0.309 e. The van der Waals surface area contributed by atoms with Gasteiger partial charge in [0.25, 0.3) is 0 Å². The molecule has 0 spiro atoms. The third-order valence-electron chi connectivity index (χ3n) is 3.28. The minimum Gasteiger partial charge on any atom is -0.309 e. The Balaban J connectivity index is 2.56. The van der Waals surface area contributed by atoms with Gasteiger partial charge in [-0.1, -0.05) is 37.3 Å². The Labute approximate surface area is 96.6 Å². The summed E-state index contributed by atoms with van der Waals surface area (Å²) in [6.07, 6.45) is 4.28. The number of benzene rings is 1. The van der Waals surface area contributed by atoms with Crippen molar-refractivity contribution in [3.63, 3.8) is 0 Å². The maximum Gasteiger partial charge on any atom is 0.224 e. The monoisotopic (exact) mass is 215 g/mol. The van der Waals surface area contributed by atoms with Crippen molar-refractivity contribution in [1.82, 2.24) is 0 Å². The highest BCUT2D eigenvalue weighted by molar-refractivity contribution is 5.95. The molecular formula is C14H17NO. The van der Waals surface area contributed by atoms with Crippen LogP contribution in [0, 0.1) is 5.92 Å². The third kappa shape index (κ3) is 1.75. The second kappa shape index (κ2) is 4.12. The van der Waals surface area contributed by atoms with Crippen molar-refractivity contribution in [3.8, 4) is 0 Å². The van der Waals surface area contributed by atoms with Gasteiger partial charge >= 0.3 is 0 Å². The number of fused-ring (bicyclic) bond motifs is 1. The molecule has 0 unspecified atom stereocenters. The molecule has 1 aliphatic heterocycles. The normalized spacial score (nSPS) is 23.8. The van der Waals surface area contributed by atoms with Gasteiger partial charge in [-0.2, -0.15) is 0 Å². The van der Waals surface area contributed by atoms with E-state index in [1.807, 2.05) is 29.2 Å². The first-order chi connectivity index (χ1) is 7.61. The van der Waals surface area contributed by atoms with Crippen LogP contribution in [0.3, 0.4) is 0 Å². The number of anilines is 1. The van der Waals surface area contributed by atoms with E-state index in [9.17, 15) is 4.79 Å². The summed E-state index contributed by atoms with van der Waals surface area (Å²) in [5.41, 5.74) is 2.14. The highest BCUT2D eigenvalue weighted by Crippen LogP contribution is 2.30. The Hall–Kier alpha value is -1.57. The second-order valence-electron chi connectivity index (χ2n) is 4.41. The van der Waals surface area contributed by atoms with Crippen LogP contribution in [0.4, 0.5) is 5.69 Å². The van der Waals surface area contributed by atoms with Gasteiger partial charge in [-0.15, -0.1) is 0 Å². The molecule has 0 bridgehead atoms. The molecular weight excluding hydrogens is 198 g/mol. The van der Waals surface area contributed by atoms with E-state index in [4.69, 9.17) is 0 Å². The van der Waals surface area contributed by atoms with Gasteiger partial charge in [-0.3, -0.25) is 4.79 Å². The molecule has 2 rings (SSSR count). The number of amides is 1. The first-order valence-electron chi connectivity index (χ1n) is 5.68. The minimum atomic E-state index is 0.107. The Morgan fingerprint density at radius 2 is 1.94 bits per heavy atom. The summed E-state index contributed by atoms with van der Waals surface area (Å²) in [5, 5.41) is 0. The number of carbonyl (C=O) groups is 1. The molecule has 0 saturated heterocycles. The van der Waals surface area contributed by atoms with Crippen molar-refractivity contribution in [2.24, 2.45) is 5.92 Å². The van der Waals surface area contributed by atoms with Gasteiger partial charge in [0, 0.05) is 13.0 Å². The molecule has 1 aliphatic rings. The van der Waals surface area contributed by atoms with E-state index in [0.29, 0.717) is 5.92 Å². The molecule has 0 fully saturated rings. The van der Waals surface area contributed by atoms with E-state index in [1.165, 1.54) is 0 Å². The van der Waals surface area contributed by atoms with Crippen molar-refractivity contribution in [1.29, 1.82) is 0 Å². The molecule has 0 aromatic heterocycles. The highest BCUT2D eigenvalue weighted by Gasteiger charge is 2.25. The molecule has 1 aromatic rings. The highest BCUT2D eigenvalue weighted by atomic mass is 16.2. The van der Waals surface area contributed by atoms with Crippen LogP contribution in [0.1, 0.15) is 26.3 Å². The number of hydrogen-bond donors (Lipinski definition) is 0. The van der Waals surface area contributed by atoms with Crippen molar-refractivity contribution in [2.75, 3.05) is 4.90 Å². The Morgan fingerprint density at radius 1 is 1.25 bits per heavy atom. The summed E-state index contributed by atoms with van der Waals surface area (Å²) in [6.45, 7) is 5.87. The van der Waals surface area contributed by atoms with E-state index in [0.717, 1.165) is 11.3 Å². The van der Waals surface area contributed by atoms with E-state index < -0.39 is 0 Å². The van der Waals surface area contributed by atoms with E-state index in [1.54, 1.807) is 6.92 Å². The molecule has 1 amide bonds. The number of nitrogens with zero attached hydrogens (tertiary/aromatic N) is 1. The Morgan fingerprint density at radius 3 is 2.62 bits per heavy atom. The van der Waals surface area contributed by atoms with Crippen LogP contribution in [0.15, 0.2) is 30.3 Å². The van der Waals surface area contributed by atoms with E-state index in [2.05, 4.69) is 26.0 Å². The number of hydrogen-bond acceptors (Lipinski definition) is 1. The third-order valence-corrected chi connectivity index (χ3v) is 3.28. The van der Waals surface area contributed by atoms with Gasteiger partial charge < -0.3 is 4.90 Å². The lowest BCUT2D eigenvalue weighted by atomic mass is 10.0. The molecule has 2 atom stereocenters. The zero-order valence-electron chi connectivity index (χ0n) is 9.97. The summed E-state index contributed by atoms with van der Waals surface area (Å²) in [6, 6.07) is 8.24. The fourth-order valence-electron chi connectivity index (χ4n) is 2.18. The molecule has 84 valence electrons. The second-order valence-corrected chi connectivity index (χ2v) is 4.41. The van der Waals surface area contributed by atoms with Crippen LogP contribution in [-0.2, 0) is 4.79 Å². The fraction of sp³-hybridized carbons (Fsp3) is 0.357. The van der Waals surface area contributed by atoms with Crippen LogP contribution >= 0.6 is 0 Å². The summed E-state index contributed by atoms with van der Waals surface area (Å²) < 4.78 is 0. The zero-order chi connectivity index (χ0) is 11.7. The first kappa shape index (κ1) is 10.9. The van der Waals surface area contributed by atoms with Gasteiger partial charge in [0.2, 0.25) is 5.91 Å². The topological polar surface area (TPSA) is 20.3 Å². The SMILES string of the molecule is CC(=O)N1c2ccccc2C=C[C@H](C)[C@H]1C. The van der Waals surface area contributed by atoms with Gasteiger partial charge in [0.05, 0.1) is 5.69 Å². The average molecular weight is 215 g/mol. The molecule has 2 heteroatoms. The van der Waals surface area contributed by atoms with Crippen molar-refractivity contribution in [3.05, 3.63) is 35.9 Å². The number of carbonyl (C=O) groups excluding carboxylic acids is 1. The van der Waals surface area contributed by atoms with Crippen LogP contribution in [0.5, 0.6) is 0 Å². The maximum atomic E-state index is 11.8. The molecule has 0 N–H and O–H groups in total. The van der Waals surface area contributed by atoms with Crippen molar-refractivity contribution in [2.45, 2.75) is 26.8 Å². The molecule has 1 heterocycles. The average Bonchev–Trinajstić information content (AvgIpc) is 2.38. The van der Waals surface area contributed by atoms with Crippen LogP contribution < -0.4 is 4.90 Å². The Kier molecular flexibility index (Phi) is 2.82. The molecule has 0 aliphatic carbocycles. The minimum absolute atomic E-state index is 0.107. The molecule has 2 nitrogen and oxygen atoms in total. The fourth-order valence-corrected chi connectivity index (χ4v) is 2.18. The predicted molar refractivity (Wildman–Crippen MR) is 67.3 cm³/mol. The van der Waals surface area contributed by atoms with Gasteiger partial charge in [-0.25, -0.2) is 0 Å². The van der Waals surface area contributed by atoms with E-state index >= 15 is 0 Å². The van der Waals surface area contributed by atoms with Gasteiger partial charge in [0.15, 0.2) is 0 Å². The lowest BCUT2D eigenvalue weighted by Crippen LogP contribution is -2.40. The first-order valence-corrected chi connectivity index (χ1v) is 5.68. The van der Waals surface area contributed by atoms with E-state index in [-0.39, 0.29) is 11.9 Å². The molecule has 0 saturated carbocycles. The quantitative estimate of drug-likeness (QED) is 0.651. The summed E-state index contributed by atoms with van der Waals surface area (Å²) >= 11 is 0. The van der Waals surface area contributed by atoms with Crippen LogP contribution in [0.2, 0.25) is 0 Å². The summed E-state index contributed by atoms with van der Waals surface area (Å²) in [5.74, 6) is 0.479. The van der Waals surface area contributed by atoms with Gasteiger partial charge in [-0.05, 0) is 24.5 Å². The maximum absolute atomic E-state index is 11.8. The number of rotatable bonds is 0. The zero-order valence-corrected chi connectivity index (χ0v) is 9.97. The lowest BCUT2D eigenvalue weighted by Gasteiger charge is -2.30. The summed E-state index contributed by atoms with van der Waals surface area (Å²) in [4.78, 5) is 13.7. The molecule has 16 heavy (non-hydrogen) atoms. The van der Waals surface area contributed by atoms with Crippen molar-refractivity contribution < 1.29 is 4.79 Å². The van der Waals surface area contributed by atoms with Crippen LogP contribution in [0.25, 0.3) is 6.08 Å².